The highest BCUT2D eigenvalue weighted by atomic mass is 127. The maximum absolute atomic E-state index is 2.50. The lowest BCUT2D eigenvalue weighted by atomic mass is 9.95. The van der Waals surface area contributed by atoms with E-state index in [0.29, 0.717) is 0 Å². The van der Waals surface area contributed by atoms with E-state index in [1.807, 2.05) is 0 Å². The van der Waals surface area contributed by atoms with Crippen molar-refractivity contribution in [3.63, 3.8) is 0 Å². The van der Waals surface area contributed by atoms with Gasteiger partial charge in [-0.2, -0.15) is 4.58 Å². The van der Waals surface area contributed by atoms with E-state index in [1.54, 1.807) is 0 Å². The van der Waals surface area contributed by atoms with Gasteiger partial charge in [-0.05, 0) is 22.2 Å². The minimum absolute atomic E-state index is 0.996. The molecule has 0 aromatic heterocycles. The second-order valence-corrected chi connectivity index (χ2v) is 7.39. The molecule has 0 atom stereocenters. The second-order valence-electron chi connectivity index (χ2n) is 6.14. The molecule has 24 heavy (non-hydrogen) atoms. The number of fused-ring (bicyclic) bond motifs is 6. The normalized spacial score (nSPS) is 13.7. The first-order chi connectivity index (χ1) is 11.8. The Bertz CT molecular complexity index is 1130. The van der Waals surface area contributed by atoms with Crippen molar-refractivity contribution >= 4 is 59.2 Å². The molecule has 0 aliphatic carbocycles. The molecule has 1 nitrogen and oxygen atoms in total. The zero-order valence-corrected chi connectivity index (χ0v) is 15.2. The van der Waals surface area contributed by atoms with Gasteiger partial charge in [0.1, 0.15) is 0 Å². The number of hydrogen-bond donors (Lipinski definition) is 0. The largest absolute Gasteiger partial charge is 0.228 e. The minimum atomic E-state index is 0.996. The standard InChI is InChI=1S/C22H15IN/c23-21-14-20-18-12-5-4-10-16(18)17-11-6-7-13-19(17)22(20)24(21)15-8-2-1-3-9-15/h1-13H,14H2/q+1. The molecule has 0 saturated carbocycles. The predicted molar refractivity (Wildman–Crippen MR) is 112 cm³/mol. The van der Waals surface area contributed by atoms with Gasteiger partial charge in [-0.15, -0.1) is 0 Å². The molecule has 1 aliphatic heterocycles. The molecule has 1 aliphatic rings. The number of hydrogen-bond acceptors (Lipinski definition) is 0. The van der Waals surface area contributed by atoms with Crippen molar-refractivity contribution in [2.75, 3.05) is 0 Å². The maximum atomic E-state index is 2.50. The quantitative estimate of drug-likeness (QED) is 0.196. The van der Waals surface area contributed by atoms with Gasteiger partial charge in [0.15, 0.2) is 0 Å². The van der Waals surface area contributed by atoms with Crippen LogP contribution in [0.15, 0.2) is 78.9 Å². The number of halogens is 1. The topological polar surface area (TPSA) is 3.01 Å². The van der Waals surface area contributed by atoms with Gasteiger partial charge >= 0.3 is 0 Å². The highest BCUT2D eigenvalue weighted by molar-refractivity contribution is 14.1. The van der Waals surface area contributed by atoms with Crippen LogP contribution in [-0.2, 0) is 6.42 Å². The summed E-state index contributed by atoms with van der Waals surface area (Å²) in [5.41, 5.74) is 4.03. The molecule has 0 N–H and O–H groups in total. The van der Waals surface area contributed by atoms with Crippen molar-refractivity contribution in [3.05, 3.63) is 84.4 Å². The Morgan fingerprint density at radius 3 is 1.88 bits per heavy atom. The zero-order chi connectivity index (χ0) is 16.1. The monoisotopic (exact) mass is 420 g/mol. The van der Waals surface area contributed by atoms with Crippen molar-refractivity contribution in [1.29, 1.82) is 0 Å². The van der Waals surface area contributed by atoms with Gasteiger partial charge in [-0.1, -0.05) is 60.7 Å². The van der Waals surface area contributed by atoms with E-state index in [9.17, 15) is 0 Å². The van der Waals surface area contributed by atoms with E-state index in [-0.39, 0.29) is 0 Å². The lowest BCUT2D eigenvalue weighted by molar-refractivity contribution is 1.13. The first-order valence-corrected chi connectivity index (χ1v) is 9.21. The molecule has 0 radical (unpaired) electrons. The highest BCUT2D eigenvalue weighted by Gasteiger charge is 2.34. The molecular weight excluding hydrogens is 405 g/mol. The summed E-state index contributed by atoms with van der Waals surface area (Å²) in [5, 5.41) is 5.39. The van der Waals surface area contributed by atoms with E-state index in [1.165, 1.54) is 42.2 Å². The first-order valence-electron chi connectivity index (χ1n) is 8.13. The summed E-state index contributed by atoms with van der Waals surface area (Å²) in [7, 11) is 0. The van der Waals surface area contributed by atoms with Crippen molar-refractivity contribution in [1.82, 2.24) is 4.58 Å². The fourth-order valence-corrected chi connectivity index (χ4v) is 4.72. The molecule has 0 saturated heterocycles. The van der Waals surface area contributed by atoms with E-state index in [4.69, 9.17) is 0 Å². The summed E-state index contributed by atoms with van der Waals surface area (Å²) in [6, 6.07) is 28.3. The van der Waals surface area contributed by atoms with Crippen LogP contribution in [0.1, 0.15) is 5.56 Å². The Morgan fingerprint density at radius 2 is 1.17 bits per heavy atom. The third-order valence-electron chi connectivity index (χ3n) is 4.81. The van der Waals surface area contributed by atoms with Crippen molar-refractivity contribution < 1.29 is 0 Å². The van der Waals surface area contributed by atoms with Gasteiger partial charge in [0.05, 0.1) is 11.8 Å². The summed E-state index contributed by atoms with van der Waals surface area (Å²) in [6.45, 7) is 0. The Labute approximate surface area is 154 Å². The summed E-state index contributed by atoms with van der Waals surface area (Å²) in [6.07, 6.45) is 0.996. The molecule has 114 valence electrons. The van der Waals surface area contributed by atoms with Crippen LogP contribution < -0.4 is 4.58 Å². The fourth-order valence-electron chi connectivity index (χ4n) is 3.82. The van der Waals surface area contributed by atoms with Crippen molar-refractivity contribution in [3.8, 4) is 0 Å². The molecule has 0 fully saturated rings. The number of benzene rings is 4. The van der Waals surface area contributed by atoms with Crippen LogP contribution >= 0.6 is 22.6 Å². The third kappa shape index (κ3) is 1.96. The lowest BCUT2D eigenvalue weighted by Crippen LogP contribution is -2.06. The summed E-state index contributed by atoms with van der Waals surface area (Å²) < 4.78 is 3.78. The van der Waals surface area contributed by atoms with Gasteiger partial charge in [-0.3, -0.25) is 0 Å². The predicted octanol–water partition coefficient (Wildman–Crippen LogP) is 6.22. The number of para-hydroxylation sites is 1. The molecular formula is C22H15IN+. The van der Waals surface area contributed by atoms with Crippen LogP contribution in [0.5, 0.6) is 0 Å². The Balaban J connectivity index is 1.96. The van der Waals surface area contributed by atoms with Crippen molar-refractivity contribution in [2.24, 2.45) is 0 Å². The molecule has 0 unspecified atom stereocenters. The van der Waals surface area contributed by atoms with E-state index >= 15 is 0 Å². The lowest BCUT2D eigenvalue weighted by Gasteiger charge is -2.09. The molecule has 1 heterocycles. The van der Waals surface area contributed by atoms with Crippen LogP contribution in [0.2, 0.25) is 0 Å². The van der Waals surface area contributed by atoms with E-state index in [0.717, 1.165) is 6.42 Å². The van der Waals surface area contributed by atoms with E-state index < -0.39 is 0 Å². The molecule has 5 rings (SSSR count). The summed E-state index contributed by atoms with van der Waals surface area (Å²) in [5.74, 6) is 0. The van der Waals surface area contributed by atoms with Gasteiger partial charge in [0.25, 0.3) is 0 Å². The van der Waals surface area contributed by atoms with Gasteiger partial charge in [0.2, 0.25) is 15.1 Å². The zero-order valence-electron chi connectivity index (χ0n) is 13.0. The maximum Gasteiger partial charge on any atom is 0.228 e. The van der Waals surface area contributed by atoms with Gasteiger partial charge < -0.3 is 0 Å². The van der Waals surface area contributed by atoms with Crippen LogP contribution in [0.4, 0.5) is 11.4 Å². The first kappa shape index (κ1) is 14.2. The molecule has 2 heteroatoms. The van der Waals surface area contributed by atoms with Crippen LogP contribution in [0.25, 0.3) is 21.5 Å². The van der Waals surface area contributed by atoms with Crippen molar-refractivity contribution in [2.45, 2.75) is 6.42 Å². The Hall–Kier alpha value is -2.20. The average Bonchev–Trinajstić information content (AvgIpc) is 3.00. The Kier molecular flexibility index (Phi) is 3.20. The smallest absolute Gasteiger partial charge is 0.151 e. The van der Waals surface area contributed by atoms with Crippen LogP contribution in [0, 0.1) is 0 Å². The SMILES string of the molecule is IC1=[N+](c2ccccc2)c2c(c3ccccc3c3ccccc23)C1. The molecule has 0 bridgehead atoms. The number of rotatable bonds is 1. The highest BCUT2D eigenvalue weighted by Crippen LogP contribution is 2.43. The van der Waals surface area contributed by atoms with E-state index in [2.05, 4.69) is 106 Å². The molecule has 0 spiro atoms. The minimum Gasteiger partial charge on any atom is -0.151 e. The fraction of sp³-hybridized carbons (Fsp3) is 0.0455. The third-order valence-corrected chi connectivity index (χ3v) is 5.68. The molecule has 0 amide bonds. The van der Waals surface area contributed by atoms with Crippen LogP contribution in [0.3, 0.4) is 0 Å². The molecule has 4 aromatic rings. The molecule has 4 aromatic carbocycles. The van der Waals surface area contributed by atoms with Gasteiger partial charge in [0, 0.05) is 40.3 Å². The summed E-state index contributed by atoms with van der Waals surface area (Å²) in [4.78, 5) is 0. The second kappa shape index (κ2) is 5.42. The summed E-state index contributed by atoms with van der Waals surface area (Å²) >= 11 is 2.50. The van der Waals surface area contributed by atoms with Crippen LogP contribution in [-0.4, -0.2) is 3.72 Å². The number of nitrogens with zero attached hydrogens (tertiary/aromatic N) is 1. The average molecular weight is 420 g/mol. The van der Waals surface area contributed by atoms with Gasteiger partial charge in [-0.25, -0.2) is 0 Å². The Morgan fingerprint density at radius 1 is 0.625 bits per heavy atom.